The molecule has 3 atom stereocenters. The molecule has 2 aliphatic rings. The molecule has 5 rings (SSSR count). The van der Waals surface area contributed by atoms with Crippen molar-refractivity contribution in [1.82, 2.24) is 24.3 Å². The van der Waals surface area contributed by atoms with Gasteiger partial charge in [0.2, 0.25) is 0 Å². The van der Waals surface area contributed by atoms with Crippen LogP contribution >= 0.6 is 0 Å². The molecule has 0 amide bonds. The van der Waals surface area contributed by atoms with Gasteiger partial charge in [0.25, 0.3) is 0 Å². The average molecular weight is 444 g/mol. The molecule has 0 N–H and O–H groups in total. The van der Waals surface area contributed by atoms with Crippen LogP contribution in [0.15, 0.2) is 36.4 Å². The average Bonchev–Trinajstić information content (AvgIpc) is 3.42. The number of nitrogens with zero attached hydrogens (tertiary/aromatic N) is 5. The predicted molar refractivity (Wildman–Crippen MR) is 137 cm³/mol. The van der Waals surface area contributed by atoms with Crippen molar-refractivity contribution in [3.8, 4) is 0 Å². The van der Waals surface area contributed by atoms with E-state index in [2.05, 4.69) is 91.5 Å². The molecule has 0 saturated carbocycles. The second-order valence-electron chi connectivity index (χ2n) is 9.90. The highest BCUT2D eigenvalue weighted by Gasteiger charge is 2.47. The number of benzene rings is 1. The van der Waals surface area contributed by atoms with Gasteiger partial charge in [0.05, 0.1) is 6.54 Å². The largest absolute Gasteiger partial charge is 0.308 e. The predicted octanol–water partition coefficient (Wildman–Crippen LogP) is 4.70. The quantitative estimate of drug-likeness (QED) is 0.531. The topological polar surface area (TPSA) is 37.2 Å². The number of rotatable bonds is 7. The molecule has 3 aromatic rings. The van der Waals surface area contributed by atoms with Crippen molar-refractivity contribution >= 4 is 17.2 Å². The van der Waals surface area contributed by atoms with Gasteiger partial charge in [0, 0.05) is 43.8 Å². The summed E-state index contributed by atoms with van der Waals surface area (Å²) >= 11 is 0. The van der Waals surface area contributed by atoms with Crippen molar-refractivity contribution in [2.45, 2.75) is 59.7 Å². The van der Waals surface area contributed by atoms with Crippen molar-refractivity contribution in [3.05, 3.63) is 64.6 Å². The van der Waals surface area contributed by atoms with Gasteiger partial charge in [-0.2, -0.15) is 0 Å². The van der Waals surface area contributed by atoms with Gasteiger partial charge in [-0.05, 0) is 49.1 Å². The number of aryl methyl sites for hydroxylation is 3. The summed E-state index contributed by atoms with van der Waals surface area (Å²) < 4.78 is 2.28. The normalized spacial score (nSPS) is 23.5. The van der Waals surface area contributed by atoms with Gasteiger partial charge in [-0.15, -0.1) is 0 Å². The molecule has 174 valence electrons. The highest BCUT2D eigenvalue weighted by atomic mass is 15.4. The SMILES string of the molecule is CCc1nc2c(C)cc(C)nc2n1Cc1ccc(/C=C/CN2CC3[C@H](C)[C@@H]2CN3CC)cc1. The molecule has 0 spiro atoms. The van der Waals surface area contributed by atoms with Crippen LogP contribution in [0.4, 0.5) is 0 Å². The highest BCUT2D eigenvalue weighted by molar-refractivity contribution is 5.76. The van der Waals surface area contributed by atoms with E-state index in [1.165, 1.54) is 36.3 Å². The summed E-state index contributed by atoms with van der Waals surface area (Å²) in [7, 11) is 0. The number of likely N-dealkylation sites (N-methyl/N-ethyl adjacent to an activating group) is 1. The molecule has 2 aliphatic heterocycles. The van der Waals surface area contributed by atoms with Crippen LogP contribution < -0.4 is 0 Å². The minimum absolute atomic E-state index is 0.723. The van der Waals surface area contributed by atoms with E-state index in [-0.39, 0.29) is 0 Å². The lowest BCUT2D eigenvalue weighted by molar-refractivity contribution is 0.144. The summed E-state index contributed by atoms with van der Waals surface area (Å²) in [6.45, 7) is 16.6. The number of fused-ring (bicyclic) bond motifs is 3. The van der Waals surface area contributed by atoms with Crippen LogP contribution in [0.25, 0.3) is 17.2 Å². The Hall–Kier alpha value is -2.50. The number of piperazine rings is 1. The third-order valence-electron chi connectivity index (χ3n) is 7.79. The molecule has 1 aromatic carbocycles. The van der Waals surface area contributed by atoms with Crippen LogP contribution in [-0.4, -0.2) is 62.6 Å². The molecule has 2 saturated heterocycles. The molecule has 2 aromatic heterocycles. The Morgan fingerprint density at radius 3 is 2.39 bits per heavy atom. The monoisotopic (exact) mass is 443 g/mol. The lowest BCUT2D eigenvalue weighted by Gasteiger charge is -2.32. The molecule has 33 heavy (non-hydrogen) atoms. The van der Waals surface area contributed by atoms with Crippen molar-refractivity contribution < 1.29 is 0 Å². The molecule has 2 bridgehead atoms. The maximum Gasteiger partial charge on any atom is 0.160 e. The van der Waals surface area contributed by atoms with E-state index < -0.39 is 0 Å². The Morgan fingerprint density at radius 1 is 1.00 bits per heavy atom. The van der Waals surface area contributed by atoms with Gasteiger partial charge < -0.3 is 4.57 Å². The lowest BCUT2D eigenvalue weighted by atomic mass is 10.0. The number of hydrogen-bond acceptors (Lipinski definition) is 4. The van der Waals surface area contributed by atoms with Crippen molar-refractivity contribution in [1.29, 1.82) is 0 Å². The Balaban J connectivity index is 1.26. The van der Waals surface area contributed by atoms with E-state index in [9.17, 15) is 0 Å². The minimum Gasteiger partial charge on any atom is -0.308 e. The summed E-state index contributed by atoms with van der Waals surface area (Å²) in [5.74, 6) is 1.90. The van der Waals surface area contributed by atoms with Gasteiger partial charge in [-0.1, -0.05) is 57.2 Å². The number of aromatic nitrogens is 3. The molecule has 5 heteroatoms. The molecule has 5 nitrogen and oxygen atoms in total. The molecule has 4 heterocycles. The molecule has 0 radical (unpaired) electrons. The van der Waals surface area contributed by atoms with E-state index in [1.54, 1.807) is 0 Å². The molecular weight excluding hydrogens is 406 g/mol. The van der Waals surface area contributed by atoms with Gasteiger partial charge in [-0.3, -0.25) is 9.80 Å². The van der Waals surface area contributed by atoms with Gasteiger partial charge in [0.15, 0.2) is 5.65 Å². The first kappa shape index (κ1) is 22.3. The fourth-order valence-electron chi connectivity index (χ4n) is 5.94. The fraction of sp³-hybridized carbons (Fsp3) is 0.500. The van der Waals surface area contributed by atoms with Gasteiger partial charge in [0.1, 0.15) is 11.3 Å². The highest BCUT2D eigenvalue weighted by Crippen LogP contribution is 2.35. The smallest absolute Gasteiger partial charge is 0.160 e. The molecule has 2 fully saturated rings. The zero-order valence-electron chi connectivity index (χ0n) is 20.8. The van der Waals surface area contributed by atoms with Gasteiger partial charge >= 0.3 is 0 Å². The van der Waals surface area contributed by atoms with E-state index in [4.69, 9.17) is 9.97 Å². The van der Waals surface area contributed by atoms with Crippen LogP contribution in [0, 0.1) is 19.8 Å². The maximum atomic E-state index is 4.88. The minimum atomic E-state index is 0.723. The van der Waals surface area contributed by atoms with Crippen molar-refractivity contribution in [2.75, 3.05) is 26.2 Å². The van der Waals surface area contributed by atoms with Crippen molar-refractivity contribution in [3.63, 3.8) is 0 Å². The van der Waals surface area contributed by atoms with Crippen LogP contribution in [0.2, 0.25) is 0 Å². The first-order valence-corrected chi connectivity index (χ1v) is 12.5. The molecular formula is C28H37N5. The van der Waals surface area contributed by atoms with Crippen LogP contribution in [0.1, 0.15) is 49.0 Å². The third kappa shape index (κ3) is 4.13. The fourth-order valence-corrected chi connectivity index (χ4v) is 5.94. The zero-order chi connectivity index (χ0) is 23.1. The second-order valence-corrected chi connectivity index (χ2v) is 9.90. The number of imidazole rings is 1. The lowest BCUT2D eigenvalue weighted by Crippen LogP contribution is -2.46. The van der Waals surface area contributed by atoms with E-state index >= 15 is 0 Å². The Labute approximate surface area is 198 Å². The second kappa shape index (κ2) is 9.03. The van der Waals surface area contributed by atoms with Crippen LogP contribution in [-0.2, 0) is 13.0 Å². The standard InChI is InChI=1S/C28H37N5/c1-6-26-30-27-19(3)15-20(4)29-28(27)33(26)16-23-12-10-22(11-13-23)9-8-14-32-18-24-21(5)25(32)17-31(24)7-2/h8-13,15,21,24-25H,6-7,14,16-18H2,1-5H3/b9-8+/t21-,24?,25-/m0/s1. The summed E-state index contributed by atoms with van der Waals surface area (Å²) in [6.07, 6.45) is 5.52. The van der Waals surface area contributed by atoms with E-state index in [0.29, 0.717) is 0 Å². The summed E-state index contributed by atoms with van der Waals surface area (Å²) in [6, 6.07) is 12.5. The summed E-state index contributed by atoms with van der Waals surface area (Å²) in [5.41, 5.74) is 6.84. The van der Waals surface area contributed by atoms with Crippen LogP contribution in [0.5, 0.6) is 0 Å². The van der Waals surface area contributed by atoms with Gasteiger partial charge in [-0.25, -0.2) is 9.97 Å². The van der Waals surface area contributed by atoms with Crippen LogP contribution in [0.3, 0.4) is 0 Å². The zero-order valence-corrected chi connectivity index (χ0v) is 20.8. The Bertz CT molecular complexity index is 1160. The summed E-state index contributed by atoms with van der Waals surface area (Å²) in [4.78, 5) is 15.0. The van der Waals surface area contributed by atoms with Crippen molar-refractivity contribution in [2.24, 2.45) is 5.92 Å². The number of hydrogen-bond donors (Lipinski definition) is 0. The first-order chi connectivity index (χ1) is 16.0. The van der Waals surface area contributed by atoms with E-state index in [0.717, 1.165) is 60.2 Å². The van der Waals surface area contributed by atoms with E-state index in [1.807, 2.05) is 0 Å². The number of pyridine rings is 1. The Morgan fingerprint density at radius 2 is 1.73 bits per heavy atom. The Kier molecular flexibility index (Phi) is 6.11. The summed E-state index contributed by atoms with van der Waals surface area (Å²) in [5, 5.41) is 0. The molecule has 0 aliphatic carbocycles. The third-order valence-corrected chi connectivity index (χ3v) is 7.79. The molecule has 1 unspecified atom stereocenters. The number of likely N-dealkylation sites (tertiary alicyclic amines) is 2. The first-order valence-electron chi connectivity index (χ1n) is 12.5. The maximum absolute atomic E-state index is 4.88.